The molecule has 0 amide bonds. The fraction of sp³-hybridized carbons (Fsp3) is 1.00. The van der Waals surface area contributed by atoms with Crippen molar-refractivity contribution in [2.75, 3.05) is 33.7 Å². The number of hydrogen-bond acceptors (Lipinski definition) is 2. The largest absolute Gasteiger partial charge is 0.306 e. The second-order valence-electron chi connectivity index (χ2n) is 3.82. The van der Waals surface area contributed by atoms with Gasteiger partial charge in [-0.3, -0.25) is 0 Å². The van der Waals surface area contributed by atoms with Crippen LogP contribution in [0.5, 0.6) is 0 Å². The van der Waals surface area contributed by atoms with E-state index in [1.165, 1.54) is 19.6 Å². The lowest BCUT2D eigenvalue weighted by atomic mass is 9.92. The van der Waals surface area contributed by atoms with E-state index in [2.05, 4.69) is 37.7 Å². The summed E-state index contributed by atoms with van der Waals surface area (Å²) in [6.45, 7) is 8.37. The molecule has 0 bridgehead atoms. The zero-order valence-electron chi connectivity index (χ0n) is 8.17. The van der Waals surface area contributed by atoms with E-state index in [4.69, 9.17) is 0 Å². The van der Waals surface area contributed by atoms with Crippen molar-refractivity contribution in [1.82, 2.24) is 9.80 Å². The normalized spacial score (nSPS) is 23.7. The molecule has 0 spiro atoms. The van der Waals surface area contributed by atoms with Crippen LogP contribution in [0.3, 0.4) is 0 Å². The highest BCUT2D eigenvalue weighted by atomic mass is 15.2. The van der Waals surface area contributed by atoms with E-state index in [-0.39, 0.29) is 0 Å². The van der Waals surface area contributed by atoms with Gasteiger partial charge in [-0.1, -0.05) is 6.92 Å². The monoisotopic (exact) mass is 156 g/mol. The van der Waals surface area contributed by atoms with Gasteiger partial charge in [0.05, 0.1) is 0 Å². The summed E-state index contributed by atoms with van der Waals surface area (Å²) in [6.07, 6.45) is 0. The first-order valence-corrected chi connectivity index (χ1v) is 4.54. The van der Waals surface area contributed by atoms with Crippen molar-refractivity contribution in [2.24, 2.45) is 5.92 Å². The van der Waals surface area contributed by atoms with Gasteiger partial charge in [0.25, 0.3) is 0 Å². The van der Waals surface area contributed by atoms with E-state index < -0.39 is 0 Å². The molecule has 0 aromatic carbocycles. The minimum atomic E-state index is 0.748. The minimum absolute atomic E-state index is 0.748. The van der Waals surface area contributed by atoms with Crippen molar-refractivity contribution >= 4 is 0 Å². The van der Waals surface area contributed by atoms with E-state index in [0.29, 0.717) is 0 Å². The Labute approximate surface area is 70.2 Å². The molecule has 1 aliphatic heterocycles. The Kier molecular flexibility index (Phi) is 2.90. The van der Waals surface area contributed by atoms with Gasteiger partial charge < -0.3 is 9.80 Å². The van der Waals surface area contributed by atoms with Gasteiger partial charge in [-0.05, 0) is 33.5 Å². The summed E-state index contributed by atoms with van der Waals surface area (Å²) in [5.41, 5.74) is 0. The summed E-state index contributed by atoms with van der Waals surface area (Å²) in [5.74, 6) is 0.907. The van der Waals surface area contributed by atoms with E-state index in [1.54, 1.807) is 0 Å². The fourth-order valence-corrected chi connectivity index (χ4v) is 1.59. The van der Waals surface area contributed by atoms with Gasteiger partial charge >= 0.3 is 0 Å². The molecule has 66 valence electrons. The van der Waals surface area contributed by atoms with Crippen LogP contribution in [0.25, 0.3) is 0 Å². The van der Waals surface area contributed by atoms with Gasteiger partial charge in [0.15, 0.2) is 0 Å². The highest BCUT2D eigenvalue weighted by Crippen LogP contribution is 2.20. The van der Waals surface area contributed by atoms with Gasteiger partial charge in [0.2, 0.25) is 0 Å². The van der Waals surface area contributed by atoms with Crippen LogP contribution in [0.1, 0.15) is 13.8 Å². The third kappa shape index (κ3) is 1.94. The Balaban J connectivity index is 2.21. The SMILES string of the molecule is CCN1CC(C(C)N(C)C)C1. The molecule has 1 fully saturated rings. The second kappa shape index (κ2) is 3.55. The highest BCUT2D eigenvalue weighted by Gasteiger charge is 2.30. The summed E-state index contributed by atoms with van der Waals surface area (Å²) in [7, 11) is 4.33. The van der Waals surface area contributed by atoms with Gasteiger partial charge in [-0.25, -0.2) is 0 Å². The first-order valence-electron chi connectivity index (χ1n) is 4.54. The number of rotatable bonds is 3. The lowest BCUT2D eigenvalue weighted by molar-refractivity contribution is 0.0500. The summed E-state index contributed by atoms with van der Waals surface area (Å²) >= 11 is 0. The summed E-state index contributed by atoms with van der Waals surface area (Å²) in [6, 6.07) is 0.748. The Morgan fingerprint density at radius 2 is 2.00 bits per heavy atom. The highest BCUT2D eigenvalue weighted by molar-refractivity contribution is 4.85. The smallest absolute Gasteiger partial charge is 0.0114 e. The molecule has 2 nitrogen and oxygen atoms in total. The van der Waals surface area contributed by atoms with E-state index in [9.17, 15) is 0 Å². The van der Waals surface area contributed by atoms with Gasteiger partial charge in [-0.15, -0.1) is 0 Å². The van der Waals surface area contributed by atoms with Crippen LogP contribution < -0.4 is 0 Å². The third-order valence-electron chi connectivity index (χ3n) is 2.93. The molecule has 1 unspecified atom stereocenters. The maximum Gasteiger partial charge on any atom is 0.0114 e. The molecular weight excluding hydrogens is 136 g/mol. The standard InChI is InChI=1S/C9H20N2/c1-5-11-6-9(7-11)8(2)10(3)4/h8-9H,5-7H2,1-4H3. The topological polar surface area (TPSA) is 6.48 Å². The molecule has 2 heteroatoms. The molecule has 0 aliphatic carbocycles. The molecule has 1 rings (SSSR count). The molecule has 0 radical (unpaired) electrons. The van der Waals surface area contributed by atoms with E-state index in [0.717, 1.165) is 12.0 Å². The third-order valence-corrected chi connectivity index (χ3v) is 2.93. The molecule has 1 heterocycles. The van der Waals surface area contributed by atoms with Crippen molar-refractivity contribution in [1.29, 1.82) is 0 Å². The van der Waals surface area contributed by atoms with Crippen LogP contribution in [0.2, 0.25) is 0 Å². The lowest BCUT2D eigenvalue weighted by Gasteiger charge is -2.43. The van der Waals surface area contributed by atoms with Crippen LogP contribution in [0, 0.1) is 5.92 Å². The molecule has 11 heavy (non-hydrogen) atoms. The summed E-state index contributed by atoms with van der Waals surface area (Å²) in [5, 5.41) is 0. The quantitative estimate of drug-likeness (QED) is 0.599. The van der Waals surface area contributed by atoms with Crippen molar-refractivity contribution in [3.8, 4) is 0 Å². The lowest BCUT2D eigenvalue weighted by Crippen LogP contribution is -2.54. The zero-order chi connectivity index (χ0) is 8.43. The molecule has 0 saturated carbocycles. The van der Waals surface area contributed by atoms with Crippen LogP contribution in [0.15, 0.2) is 0 Å². The Bertz CT molecular complexity index is 117. The van der Waals surface area contributed by atoms with Gasteiger partial charge in [0, 0.05) is 19.1 Å². The fourth-order valence-electron chi connectivity index (χ4n) is 1.59. The average molecular weight is 156 g/mol. The first kappa shape index (κ1) is 9.01. The maximum absolute atomic E-state index is 2.49. The molecule has 1 aliphatic rings. The average Bonchev–Trinajstić information content (AvgIpc) is 1.85. The van der Waals surface area contributed by atoms with Crippen molar-refractivity contribution < 1.29 is 0 Å². The molecule has 0 N–H and O–H groups in total. The van der Waals surface area contributed by atoms with Crippen molar-refractivity contribution in [3.05, 3.63) is 0 Å². The van der Waals surface area contributed by atoms with Crippen LogP contribution in [-0.2, 0) is 0 Å². The Morgan fingerprint density at radius 3 is 2.36 bits per heavy atom. The number of nitrogens with zero attached hydrogens (tertiary/aromatic N) is 2. The van der Waals surface area contributed by atoms with Crippen molar-refractivity contribution in [3.63, 3.8) is 0 Å². The predicted molar refractivity (Wildman–Crippen MR) is 48.8 cm³/mol. The van der Waals surface area contributed by atoms with Gasteiger partial charge in [0.1, 0.15) is 0 Å². The molecule has 1 atom stereocenters. The number of hydrogen-bond donors (Lipinski definition) is 0. The number of likely N-dealkylation sites (tertiary alicyclic amines) is 1. The first-order chi connectivity index (χ1) is 5.15. The molecule has 0 aromatic rings. The predicted octanol–water partition coefficient (Wildman–Crippen LogP) is 0.888. The summed E-state index contributed by atoms with van der Waals surface area (Å²) < 4.78 is 0. The second-order valence-corrected chi connectivity index (χ2v) is 3.82. The van der Waals surface area contributed by atoms with Gasteiger partial charge in [-0.2, -0.15) is 0 Å². The van der Waals surface area contributed by atoms with Crippen LogP contribution >= 0.6 is 0 Å². The molecule has 1 saturated heterocycles. The molecule has 0 aromatic heterocycles. The minimum Gasteiger partial charge on any atom is -0.306 e. The maximum atomic E-state index is 2.49. The van der Waals surface area contributed by atoms with E-state index >= 15 is 0 Å². The Morgan fingerprint density at radius 1 is 1.45 bits per heavy atom. The van der Waals surface area contributed by atoms with E-state index in [1.807, 2.05) is 0 Å². The van der Waals surface area contributed by atoms with Crippen molar-refractivity contribution in [2.45, 2.75) is 19.9 Å². The van der Waals surface area contributed by atoms with Crippen LogP contribution in [0.4, 0.5) is 0 Å². The Hall–Kier alpha value is -0.0800. The zero-order valence-corrected chi connectivity index (χ0v) is 8.17. The molecular formula is C9H20N2. The van der Waals surface area contributed by atoms with Crippen LogP contribution in [-0.4, -0.2) is 49.6 Å². The summed E-state index contributed by atoms with van der Waals surface area (Å²) in [4.78, 5) is 4.81.